The number of ether oxygens (including phenoxy) is 1. The average Bonchev–Trinajstić information content (AvgIpc) is 2.23. The van der Waals surface area contributed by atoms with Gasteiger partial charge in [-0.3, -0.25) is 0 Å². The van der Waals surface area contributed by atoms with Crippen LogP contribution >= 0.6 is 11.8 Å². The maximum Gasteiger partial charge on any atom is 0.441 e. The van der Waals surface area contributed by atoms with Gasteiger partial charge in [-0.05, 0) is 23.9 Å². The van der Waals surface area contributed by atoms with Crippen molar-refractivity contribution in [2.45, 2.75) is 5.51 Å². The first kappa shape index (κ1) is 13.6. The summed E-state index contributed by atoms with van der Waals surface area (Å²) < 4.78 is 53.3. The van der Waals surface area contributed by atoms with E-state index in [-0.39, 0.29) is 35.4 Å². The summed E-state index contributed by atoms with van der Waals surface area (Å²) in [6, 6.07) is 5.33. The maximum atomic E-state index is 13.1. The summed E-state index contributed by atoms with van der Waals surface area (Å²) in [5.74, 6) is -1.12. The predicted molar refractivity (Wildman–Crippen MR) is 55.1 cm³/mol. The fraction of sp³-hybridized carbons (Fsp3) is 0.300. The lowest BCUT2D eigenvalue weighted by molar-refractivity contribution is -0.0329. The monoisotopic (exact) mass is 265 g/mol. The number of rotatable bonds is 4. The first-order valence-corrected chi connectivity index (χ1v) is 5.44. The van der Waals surface area contributed by atoms with Crippen molar-refractivity contribution in [3.63, 3.8) is 0 Å². The molecular weight excluding hydrogens is 258 g/mol. The Kier molecular flexibility index (Phi) is 4.63. The molecule has 0 bridgehead atoms. The quantitative estimate of drug-likeness (QED) is 0.618. The SMILES string of the molecule is N#Cc1c(F)cccc1OCCSC(F)(F)F. The second-order valence-corrected chi connectivity index (χ2v) is 4.03. The molecule has 0 aromatic heterocycles. The van der Waals surface area contributed by atoms with Crippen LogP contribution in [0.5, 0.6) is 5.75 Å². The van der Waals surface area contributed by atoms with E-state index in [0.29, 0.717) is 0 Å². The Labute approximate surface area is 99.2 Å². The lowest BCUT2D eigenvalue weighted by Crippen LogP contribution is -2.08. The number of thioether (sulfide) groups is 1. The zero-order valence-corrected chi connectivity index (χ0v) is 9.24. The Hall–Kier alpha value is -1.42. The number of nitrogens with zero attached hydrogens (tertiary/aromatic N) is 1. The first-order chi connectivity index (χ1) is 7.94. The minimum atomic E-state index is -4.32. The van der Waals surface area contributed by atoms with E-state index in [4.69, 9.17) is 10.00 Å². The van der Waals surface area contributed by atoms with Crippen molar-refractivity contribution in [1.29, 1.82) is 5.26 Å². The molecule has 0 radical (unpaired) electrons. The van der Waals surface area contributed by atoms with Gasteiger partial charge >= 0.3 is 5.51 Å². The van der Waals surface area contributed by atoms with Crippen molar-refractivity contribution in [3.05, 3.63) is 29.6 Å². The van der Waals surface area contributed by atoms with Crippen LogP contribution in [0.4, 0.5) is 17.6 Å². The molecule has 92 valence electrons. The van der Waals surface area contributed by atoms with Crippen molar-refractivity contribution in [2.75, 3.05) is 12.4 Å². The van der Waals surface area contributed by atoms with Crippen molar-refractivity contribution < 1.29 is 22.3 Å². The van der Waals surface area contributed by atoms with E-state index in [9.17, 15) is 17.6 Å². The average molecular weight is 265 g/mol. The highest BCUT2D eigenvalue weighted by Gasteiger charge is 2.27. The molecule has 0 aliphatic carbocycles. The molecule has 0 aliphatic heterocycles. The molecule has 0 spiro atoms. The summed E-state index contributed by atoms with van der Waals surface area (Å²) in [6.45, 7) is -0.248. The molecule has 0 amide bonds. The van der Waals surface area contributed by atoms with Crippen LogP contribution in [0.15, 0.2) is 18.2 Å². The fourth-order valence-corrected chi connectivity index (χ4v) is 1.44. The van der Waals surface area contributed by atoms with Crippen LogP contribution in [0.1, 0.15) is 5.56 Å². The van der Waals surface area contributed by atoms with E-state index in [0.717, 1.165) is 6.07 Å². The molecule has 0 saturated carbocycles. The zero-order chi connectivity index (χ0) is 12.9. The molecule has 7 heteroatoms. The number of halogens is 4. The van der Waals surface area contributed by atoms with Gasteiger partial charge in [0.25, 0.3) is 0 Å². The number of alkyl halides is 3. The second kappa shape index (κ2) is 5.77. The molecule has 1 aromatic carbocycles. The van der Waals surface area contributed by atoms with Crippen molar-refractivity contribution >= 4 is 11.8 Å². The Morgan fingerprint density at radius 2 is 2.06 bits per heavy atom. The summed E-state index contributed by atoms with van der Waals surface area (Å²) in [6.07, 6.45) is 0. The van der Waals surface area contributed by atoms with Crippen LogP contribution in [0.3, 0.4) is 0 Å². The van der Waals surface area contributed by atoms with Crippen molar-refractivity contribution in [2.24, 2.45) is 0 Å². The normalized spacial score (nSPS) is 11.0. The molecule has 0 N–H and O–H groups in total. The standard InChI is InChI=1S/C10H7F4NOS/c11-8-2-1-3-9(7(8)6-15)16-4-5-17-10(12,13)14/h1-3H,4-5H2. The lowest BCUT2D eigenvalue weighted by atomic mass is 10.2. The van der Waals surface area contributed by atoms with Crippen molar-refractivity contribution in [3.8, 4) is 11.8 Å². The van der Waals surface area contributed by atoms with E-state index in [2.05, 4.69) is 0 Å². The maximum absolute atomic E-state index is 13.1. The third kappa shape index (κ3) is 4.53. The topological polar surface area (TPSA) is 33.0 Å². The van der Waals surface area contributed by atoms with Gasteiger partial charge in [0.2, 0.25) is 0 Å². The number of nitriles is 1. The Morgan fingerprint density at radius 3 is 2.65 bits per heavy atom. The van der Waals surface area contributed by atoms with Gasteiger partial charge in [0.05, 0.1) is 6.61 Å². The van der Waals surface area contributed by atoms with Crippen molar-refractivity contribution in [1.82, 2.24) is 0 Å². The summed E-state index contributed by atoms with van der Waals surface area (Å²) >= 11 is -0.231. The minimum absolute atomic E-state index is 0.0460. The van der Waals surface area contributed by atoms with Crippen LogP contribution in [0.2, 0.25) is 0 Å². The summed E-state index contributed by atoms with van der Waals surface area (Å²) in [7, 11) is 0. The Bertz CT molecular complexity index is 427. The lowest BCUT2D eigenvalue weighted by Gasteiger charge is -2.09. The van der Waals surface area contributed by atoms with Gasteiger partial charge < -0.3 is 4.74 Å². The van der Waals surface area contributed by atoms with Crippen LogP contribution in [-0.2, 0) is 0 Å². The van der Waals surface area contributed by atoms with E-state index in [1.807, 2.05) is 0 Å². The molecule has 0 saturated heterocycles. The van der Waals surface area contributed by atoms with Gasteiger partial charge in [0.15, 0.2) is 0 Å². The molecule has 2 nitrogen and oxygen atoms in total. The summed E-state index contributed by atoms with van der Waals surface area (Å²) in [4.78, 5) is 0. The van der Waals surface area contributed by atoms with E-state index in [1.165, 1.54) is 12.1 Å². The molecule has 1 rings (SSSR count). The molecule has 17 heavy (non-hydrogen) atoms. The highest BCUT2D eigenvalue weighted by Crippen LogP contribution is 2.30. The molecule has 0 atom stereocenters. The zero-order valence-electron chi connectivity index (χ0n) is 8.42. The van der Waals surface area contributed by atoms with Crippen LogP contribution < -0.4 is 4.74 Å². The predicted octanol–water partition coefficient (Wildman–Crippen LogP) is 3.33. The Balaban J connectivity index is 2.53. The van der Waals surface area contributed by atoms with Gasteiger partial charge in [-0.1, -0.05) is 6.07 Å². The van der Waals surface area contributed by atoms with E-state index >= 15 is 0 Å². The van der Waals surface area contributed by atoms with Crippen LogP contribution in [-0.4, -0.2) is 17.9 Å². The number of benzene rings is 1. The highest BCUT2D eigenvalue weighted by molar-refractivity contribution is 8.00. The van der Waals surface area contributed by atoms with Gasteiger partial charge in [0.1, 0.15) is 23.2 Å². The third-order valence-corrected chi connectivity index (χ3v) is 2.39. The van der Waals surface area contributed by atoms with Crippen LogP contribution in [0.25, 0.3) is 0 Å². The Morgan fingerprint density at radius 1 is 1.35 bits per heavy atom. The van der Waals surface area contributed by atoms with Gasteiger partial charge in [-0.15, -0.1) is 0 Å². The first-order valence-electron chi connectivity index (χ1n) is 4.46. The molecule has 0 unspecified atom stereocenters. The third-order valence-electron chi connectivity index (χ3n) is 1.69. The highest BCUT2D eigenvalue weighted by atomic mass is 32.2. The van der Waals surface area contributed by atoms with E-state index < -0.39 is 11.3 Å². The molecule has 0 heterocycles. The van der Waals surface area contributed by atoms with Gasteiger partial charge in [0, 0.05) is 5.75 Å². The van der Waals surface area contributed by atoms with Gasteiger partial charge in [-0.25, -0.2) is 4.39 Å². The number of hydrogen-bond acceptors (Lipinski definition) is 3. The minimum Gasteiger partial charge on any atom is -0.491 e. The smallest absolute Gasteiger partial charge is 0.441 e. The number of hydrogen-bond donors (Lipinski definition) is 0. The molecular formula is C10H7F4NOS. The van der Waals surface area contributed by atoms with Gasteiger partial charge in [-0.2, -0.15) is 18.4 Å². The largest absolute Gasteiger partial charge is 0.491 e. The fourth-order valence-electron chi connectivity index (χ4n) is 1.04. The van der Waals surface area contributed by atoms with Crippen LogP contribution in [0, 0.1) is 17.1 Å². The summed E-state index contributed by atoms with van der Waals surface area (Å²) in [5, 5.41) is 8.63. The summed E-state index contributed by atoms with van der Waals surface area (Å²) in [5.41, 5.74) is -4.62. The molecule has 0 fully saturated rings. The second-order valence-electron chi connectivity index (χ2n) is 2.87. The van der Waals surface area contributed by atoms with E-state index in [1.54, 1.807) is 6.07 Å². The molecule has 1 aromatic rings. The molecule has 0 aliphatic rings.